The molecule has 27 heavy (non-hydrogen) atoms. The Hall–Kier alpha value is -3.26. The number of benzene rings is 1. The number of H-pyrrole nitrogens is 1. The fourth-order valence-electron chi connectivity index (χ4n) is 3.46. The first-order valence-corrected chi connectivity index (χ1v) is 9.65. The highest BCUT2D eigenvalue weighted by atomic mass is 32.1. The summed E-state index contributed by atoms with van der Waals surface area (Å²) in [4.78, 5) is 24.8. The summed E-state index contributed by atoms with van der Waals surface area (Å²) in [7, 11) is 0. The van der Waals surface area contributed by atoms with Crippen LogP contribution < -0.4 is 5.56 Å². The largest absolute Gasteiger partial charge is 0.313 e. The van der Waals surface area contributed by atoms with Gasteiger partial charge >= 0.3 is 0 Å². The van der Waals surface area contributed by atoms with Gasteiger partial charge in [0.25, 0.3) is 5.56 Å². The van der Waals surface area contributed by atoms with Crippen LogP contribution in [0.3, 0.4) is 0 Å². The van der Waals surface area contributed by atoms with E-state index in [4.69, 9.17) is 10.1 Å². The summed E-state index contributed by atoms with van der Waals surface area (Å²) in [6, 6.07) is 8.28. The number of thiazole rings is 1. The highest BCUT2D eigenvalue weighted by Gasteiger charge is 2.26. The minimum atomic E-state index is -0.146. The van der Waals surface area contributed by atoms with Gasteiger partial charge in [-0.2, -0.15) is 5.10 Å². The Kier molecular flexibility index (Phi) is 2.96. The van der Waals surface area contributed by atoms with E-state index in [-0.39, 0.29) is 5.56 Å². The van der Waals surface area contributed by atoms with Crippen molar-refractivity contribution in [3.63, 3.8) is 0 Å². The van der Waals surface area contributed by atoms with Crippen molar-refractivity contribution in [1.82, 2.24) is 29.1 Å². The Balaban J connectivity index is 1.61. The molecule has 0 aliphatic heterocycles. The third-order valence-electron chi connectivity index (χ3n) is 4.95. The second-order valence-corrected chi connectivity index (χ2v) is 7.61. The zero-order valence-electron chi connectivity index (χ0n) is 14.2. The molecule has 6 rings (SSSR count). The van der Waals surface area contributed by atoms with E-state index in [0.29, 0.717) is 16.9 Å². The third kappa shape index (κ3) is 2.26. The predicted octanol–water partition coefficient (Wildman–Crippen LogP) is 3.50. The van der Waals surface area contributed by atoms with Gasteiger partial charge in [-0.15, -0.1) is 11.3 Å². The number of nitrogens with one attached hydrogen (secondary N) is 1. The average molecular weight is 374 g/mol. The molecule has 1 fully saturated rings. The van der Waals surface area contributed by atoms with Gasteiger partial charge in [0.1, 0.15) is 11.4 Å². The van der Waals surface area contributed by atoms with Gasteiger partial charge in [-0.1, -0.05) is 6.07 Å². The van der Waals surface area contributed by atoms with Crippen LogP contribution in [0.25, 0.3) is 38.5 Å². The second kappa shape index (κ2) is 5.37. The molecule has 8 heteroatoms. The molecule has 1 N–H and O–H groups in total. The fraction of sp³-hybridized carbons (Fsp3) is 0.158. The first-order valence-electron chi connectivity index (χ1n) is 8.77. The molecule has 1 aromatic carbocycles. The number of fused-ring (bicyclic) bond motifs is 2. The lowest BCUT2D eigenvalue weighted by Gasteiger charge is -2.05. The Morgan fingerprint density at radius 1 is 1.19 bits per heavy atom. The first-order chi connectivity index (χ1) is 13.3. The van der Waals surface area contributed by atoms with Crippen molar-refractivity contribution in [2.24, 2.45) is 0 Å². The van der Waals surface area contributed by atoms with Crippen LogP contribution in [0, 0.1) is 0 Å². The minimum Gasteiger partial charge on any atom is -0.313 e. The van der Waals surface area contributed by atoms with E-state index >= 15 is 0 Å². The Bertz CT molecular complexity index is 1370. The van der Waals surface area contributed by atoms with E-state index in [1.807, 2.05) is 46.7 Å². The van der Waals surface area contributed by atoms with Crippen molar-refractivity contribution >= 4 is 27.2 Å². The van der Waals surface area contributed by atoms with Crippen molar-refractivity contribution < 1.29 is 0 Å². The SMILES string of the molecule is O=c1[nH]cnc2ccc(-c3c(-c4ccn(C5CC5)n4)nc4sccn34)cc12. The Morgan fingerprint density at radius 3 is 3.00 bits per heavy atom. The summed E-state index contributed by atoms with van der Waals surface area (Å²) >= 11 is 1.58. The molecule has 0 atom stereocenters. The minimum absolute atomic E-state index is 0.146. The van der Waals surface area contributed by atoms with E-state index in [2.05, 4.69) is 14.4 Å². The second-order valence-electron chi connectivity index (χ2n) is 6.74. The lowest BCUT2D eigenvalue weighted by atomic mass is 10.1. The zero-order valence-corrected chi connectivity index (χ0v) is 15.0. The number of imidazole rings is 1. The van der Waals surface area contributed by atoms with Crippen LogP contribution in [0.15, 0.2) is 53.2 Å². The molecule has 1 aliphatic rings. The van der Waals surface area contributed by atoms with Crippen LogP contribution in [0.5, 0.6) is 0 Å². The van der Waals surface area contributed by atoms with E-state index in [0.717, 1.165) is 27.6 Å². The quantitative estimate of drug-likeness (QED) is 0.524. The molecular weight excluding hydrogens is 360 g/mol. The monoisotopic (exact) mass is 374 g/mol. The Morgan fingerprint density at radius 2 is 2.11 bits per heavy atom. The van der Waals surface area contributed by atoms with Gasteiger partial charge in [0, 0.05) is 23.3 Å². The molecule has 4 heterocycles. The summed E-state index contributed by atoms with van der Waals surface area (Å²) in [6.45, 7) is 0. The van der Waals surface area contributed by atoms with Crippen LogP contribution in [0.4, 0.5) is 0 Å². The molecule has 1 aliphatic carbocycles. The standard InChI is InChI=1S/C19H14N6OS/c26-18-13-9-11(1-4-14(13)20-10-21-18)17-16(22-19-24(17)7-8-27-19)15-5-6-25(23-15)12-2-3-12/h1,4-10,12H,2-3H2,(H,20,21,26). The molecule has 7 nitrogen and oxygen atoms in total. The number of rotatable bonds is 3. The van der Waals surface area contributed by atoms with Gasteiger partial charge in [0.05, 0.1) is 29.0 Å². The summed E-state index contributed by atoms with van der Waals surface area (Å²) in [6.07, 6.45) is 7.83. The van der Waals surface area contributed by atoms with Crippen molar-refractivity contribution in [3.05, 3.63) is 58.7 Å². The molecule has 0 radical (unpaired) electrons. The van der Waals surface area contributed by atoms with Gasteiger partial charge < -0.3 is 4.98 Å². The van der Waals surface area contributed by atoms with Crippen LogP contribution in [-0.4, -0.2) is 29.1 Å². The number of aromatic amines is 1. The highest BCUT2D eigenvalue weighted by molar-refractivity contribution is 7.15. The summed E-state index contributed by atoms with van der Waals surface area (Å²) in [5, 5.41) is 7.32. The molecule has 5 aromatic rings. The maximum Gasteiger partial charge on any atom is 0.258 e. The topological polar surface area (TPSA) is 80.9 Å². The molecule has 0 spiro atoms. The summed E-state index contributed by atoms with van der Waals surface area (Å²) in [5.74, 6) is 0. The molecule has 132 valence electrons. The fourth-order valence-corrected chi connectivity index (χ4v) is 4.18. The van der Waals surface area contributed by atoms with Gasteiger partial charge in [-0.25, -0.2) is 9.97 Å². The van der Waals surface area contributed by atoms with E-state index in [1.54, 1.807) is 11.3 Å². The molecular formula is C19H14N6OS. The highest BCUT2D eigenvalue weighted by Crippen LogP contribution is 2.37. The third-order valence-corrected chi connectivity index (χ3v) is 5.70. The van der Waals surface area contributed by atoms with Gasteiger partial charge in [0.2, 0.25) is 0 Å². The van der Waals surface area contributed by atoms with Crippen molar-refractivity contribution in [3.8, 4) is 22.6 Å². The first kappa shape index (κ1) is 14.9. The van der Waals surface area contributed by atoms with E-state index < -0.39 is 0 Å². The van der Waals surface area contributed by atoms with Gasteiger partial charge in [-0.05, 0) is 31.0 Å². The zero-order chi connectivity index (χ0) is 18.0. The number of hydrogen-bond acceptors (Lipinski definition) is 5. The van der Waals surface area contributed by atoms with Crippen LogP contribution in [0.2, 0.25) is 0 Å². The van der Waals surface area contributed by atoms with E-state index in [1.165, 1.54) is 19.2 Å². The average Bonchev–Trinajstić information content (AvgIpc) is 3.09. The molecule has 0 amide bonds. The smallest absolute Gasteiger partial charge is 0.258 e. The lowest BCUT2D eigenvalue weighted by Crippen LogP contribution is -2.06. The van der Waals surface area contributed by atoms with Crippen LogP contribution >= 0.6 is 11.3 Å². The van der Waals surface area contributed by atoms with E-state index in [9.17, 15) is 4.79 Å². The number of hydrogen-bond donors (Lipinski definition) is 1. The van der Waals surface area contributed by atoms with Crippen molar-refractivity contribution in [2.75, 3.05) is 0 Å². The molecule has 0 saturated heterocycles. The predicted molar refractivity (Wildman–Crippen MR) is 104 cm³/mol. The normalized spacial score (nSPS) is 14.4. The van der Waals surface area contributed by atoms with Gasteiger partial charge in [0.15, 0.2) is 4.96 Å². The number of aromatic nitrogens is 6. The maximum atomic E-state index is 12.2. The maximum absolute atomic E-state index is 12.2. The molecule has 0 unspecified atom stereocenters. The molecule has 1 saturated carbocycles. The van der Waals surface area contributed by atoms with Gasteiger partial charge in [-0.3, -0.25) is 13.9 Å². The Labute approximate surface area is 157 Å². The molecule has 0 bridgehead atoms. The van der Waals surface area contributed by atoms with Crippen molar-refractivity contribution in [2.45, 2.75) is 18.9 Å². The summed E-state index contributed by atoms with van der Waals surface area (Å²) in [5.41, 5.74) is 4.08. The lowest BCUT2D eigenvalue weighted by molar-refractivity contribution is 0.643. The van der Waals surface area contributed by atoms with Crippen molar-refractivity contribution in [1.29, 1.82) is 0 Å². The van der Waals surface area contributed by atoms with Crippen LogP contribution in [0.1, 0.15) is 18.9 Å². The van der Waals surface area contributed by atoms with Crippen LogP contribution in [-0.2, 0) is 0 Å². The molecule has 4 aromatic heterocycles. The summed E-state index contributed by atoms with van der Waals surface area (Å²) < 4.78 is 4.09. The number of nitrogens with zero attached hydrogens (tertiary/aromatic N) is 5.